The van der Waals surface area contributed by atoms with Gasteiger partial charge in [-0.1, -0.05) is 48.6 Å². The monoisotopic (exact) mass is 848 g/mol. The quantitative estimate of drug-likeness (QED) is 0.115. The van der Waals surface area contributed by atoms with Gasteiger partial charge >= 0.3 is 0 Å². The normalized spacial score (nSPS) is 15.0. The summed E-state index contributed by atoms with van der Waals surface area (Å²) in [6.07, 6.45) is 8.03. The Morgan fingerprint density at radius 1 is 0.415 bits per heavy atom. The number of anilines is 8. The van der Waals surface area contributed by atoms with Gasteiger partial charge in [0.05, 0.1) is 32.4 Å². The van der Waals surface area contributed by atoms with Crippen molar-refractivity contribution in [3.8, 4) is 22.9 Å². The standard InChI is InChI=1S/C58H48N4O3/c1-63-50-29-21-44(22-30-50)59(41-12-6-4-7-13-41)43-17-19-47(20-18-43)62-57-35-27-48(60(42-14-8-5-9-15-42)45-23-31-51(64-2)32-24-45)38-54(57)55-39-49(28-36-58(55)62)61(46-25-33-52(65-3)34-26-46)56-16-10-11-40-37-53(40)56/h4-36,38-40,53H,37H2,1-3H3. The third kappa shape index (κ3) is 7.41. The second-order valence-electron chi connectivity index (χ2n) is 16.5. The van der Waals surface area contributed by atoms with Crippen molar-refractivity contribution in [2.75, 3.05) is 36.0 Å². The minimum Gasteiger partial charge on any atom is -0.497 e. The first-order chi connectivity index (χ1) is 32.1. The molecule has 0 spiro atoms. The summed E-state index contributed by atoms with van der Waals surface area (Å²) in [5.41, 5.74) is 13.2. The van der Waals surface area contributed by atoms with Crippen LogP contribution in [0.2, 0.25) is 0 Å². The number of para-hydroxylation sites is 2. The maximum atomic E-state index is 5.60. The lowest BCUT2D eigenvalue weighted by Gasteiger charge is -2.29. The molecule has 0 saturated heterocycles. The van der Waals surface area contributed by atoms with Gasteiger partial charge in [-0.3, -0.25) is 0 Å². The molecule has 0 radical (unpaired) electrons. The number of benzene rings is 8. The number of aromatic nitrogens is 1. The lowest BCUT2D eigenvalue weighted by atomic mass is 10.1. The molecule has 0 amide bonds. The first-order valence-corrected chi connectivity index (χ1v) is 22.1. The molecule has 2 unspecified atom stereocenters. The summed E-state index contributed by atoms with van der Waals surface area (Å²) in [6, 6.07) is 68.7. The van der Waals surface area contributed by atoms with E-state index >= 15 is 0 Å². The summed E-state index contributed by atoms with van der Waals surface area (Å²) < 4.78 is 19.1. The fraction of sp³-hybridized carbons (Fsp3) is 0.103. The number of methoxy groups -OCH3 is 3. The Morgan fingerprint density at radius 3 is 1.26 bits per heavy atom. The van der Waals surface area contributed by atoms with Crippen LogP contribution in [0, 0.1) is 11.8 Å². The van der Waals surface area contributed by atoms with Crippen LogP contribution in [0.15, 0.2) is 218 Å². The Morgan fingerprint density at radius 2 is 0.800 bits per heavy atom. The molecule has 8 aromatic carbocycles. The number of rotatable bonds is 13. The van der Waals surface area contributed by atoms with Crippen molar-refractivity contribution in [1.82, 2.24) is 4.57 Å². The highest BCUT2D eigenvalue weighted by Gasteiger charge is 2.42. The fourth-order valence-electron chi connectivity index (χ4n) is 9.42. The van der Waals surface area contributed by atoms with Crippen LogP contribution in [0.3, 0.4) is 0 Å². The van der Waals surface area contributed by atoms with Crippen LogP contribution in [0.4, 0.5) is 45.5 Å². The van der Waals surface area contributed by atoms with E-state index in [0.29, 0.717) is 11.8 Å². The Bertz CT molecular complexity index is 3180. The first kappa shape index (κ1) is 39.7. The highest BCUT2D eigenvalue weighted by molar-refractivity contribution is 6.12. The van der Waals surface area contributed by atoms with Gasteiger partial charge in [0, 0.05) is 73.6 Å². The Balaban J connectivity index is 1.09. The van der Waals surface area contributed by atoms with E-state index in [9.17, 15) is 0 Å². The molecule has 65 heavy (non-hydrogen) atoms. The molecule has 11 rings (SSSR count). The first-order valence-electron chi connectivity index (χ1n) is 22.1. The SMILES string of the molecule is COc1ccc(N(C2=CC=CC3CC23)c2ccc3c(c2)c2cc(N(c4ccccc4)c4ccc(OC)cc4)ccc2n3-c2ccc(N(c3ccccc3)c3ccc(OC)cc3)cc2)cc1. The molecule has 1 aromatic heterocycles. The molecule has 1 heterocycles. The van der Waals surface area contributed by atoms with Crippen LogP contribution in [-0.2, 0) is 0 Å². The Labute approximate surface area is 379 Å². The van der Waals surface area contributed by atoms with E-state index in [1.807, 2.05) is 24.3 Å². The molecule has 9 aromatic rings. The molecule has 0 aliphatic heterocycles. The minimum atomic E-state index is 0.488. The van der Waals surface area contributed by atoms with Crippen LogP contribution < -0.4 is 28.9 Å². The van der Waals surface area contributed by atoms with E-state index in [1.165, 1.54) is 5.70 Å². The number of nitrogens with zero attached hydrogens (tertiary/aromatic N) is 4. The summed E-state index contributed by atoms with van der Waals surface area (Å²) in [6.45, 7) is 0. The predicted molar refractivity (Wildman–Crippen MR) is 267 cm³/mol. The van der Waals surface area contributed by atoms with Crippen molar-refractivity contribution < 1.29 is 14.2 Å². The molecule has 1 saturated carbocycles. The van der Waals surface area contributed by atoms with Crippen LogP contribution >= 0.6 is 0 Å². The zero-order valence-electron chi connectivity index (χ0n) is 36.6. The highest BCUT2D eigenvalue weighted by atomic mass is 16.5. The smallest absolute Gasteiger partial charge is 0.119 e. The van der Waals surface area contributed by atoms with Crippen LogP contribution in [0.5, 0.6) is 17.2 Å². The number of ether oxygens (including phenoxy) is 3. The average Bonchev–Trinajstić information content (AvgIpc) is 4.11. The van der Waals surface area contributed by atoms with Gasteiger partial charge in [0.2, 0.25) is 0 Å². The lowest BCUT2D eigenvalue weighted by molar-refractivity contribution is 0.414. The third-order valence-corrected chi connectivity index (χ3v) is 12.7. The molecule has 0 bridgehead atoms. The molecule has 2 aliphatic carbocycles. The van der Waals surface area contributed by atoms with Gasteiger partial charge < -0.3 is 33.5 Å². The summed E-state index contributed by atoms with van der Waals surface area (Å²) >= 11 is 0. The molecule has 318 valence electrons. The maximum Gasteiger partial charge on any atom is 0.119 e. The van der Waals surface area contributed by atoms with E-state index < -0.39 is 0 Å². The zero-order valence-corrected chi connectivity index (χ0v) is 36.6. The fourth-order valence-corrected chi connectivity index (χ4v) is 9.42. The van der Waals surface area contributed by atoms with Gasteiger partial charge in [0.1, 0.15) is 17.2 Å². The number of hydrogen-bond acceptors (Lipinski definition) is 6. The van der Waals surface area contributed by atoms with Gasteiger partial charge in [-0.05, 0) is 176 Å². The van der Waals surface area contributed by atoms with Gasteiger partial charge in [0.25, 0.3) is 0 Å². The molecular formula is C58H48N4O3. The van der Waals surface area contributed by atoms with E-state index in [2.05, 4.69) is 207 Å². The van der Waals surface area contributed by atoms with Gasteiger partial charge in [-0.15, -0.1) is 0 Å². The van der Waals surface area contributed by atoms with Crippen molar-refractivity contribution in [2.24, 2.45) is 11.8 Å². The number of allylic oxidation sites excluding steroid dienone is 4. The van der Waals surface area contributed by atoms with Crippen molar-refractivity contribution >= 4 is 67.3 Å². The largest absolute Gasteiger partial charge is 0.497 e. The maximum absolute atomic E-state index is 5.60. The van der Waals surface area contributed by atoms with E-state index in [0.717, 1.165) is 96.7 Å². The van der Waals surface area contributed by atoms with Crippen LogP contribution in [0.25, 0.3) is 27.5 Å². The summed E-state index contributed by atoms with van der Waals surface area (Å²) in [4.78, 5) is 7.03. The molecule has 0 N–H and O–H groups in total. The molecule has 2 aliphatic rings. The van der Waals surface area contributed by atoms with Gasteiger partial charge in [-0.2, -0.15) is 0 Å². The molecule has 2 atom stereocenters. The second kappa shape index (κ2) is 16.8. The molecule has 1 fully saturated rings. The van der Waals surface area contributed by atoms with Crippen LogP contribution in [-0.4, -0.2) is 25.9 Å². The summed E-state index contributed by atoms with van der Waals surface area (Å²) in [5.74, 6) is 3.54. The van der Waals surface area contributed by atoms with E-state index in [4.69, 9.17) is 14.2 Å². The van der Waals surface area contributed by atoms with Crippen LogP contribution in [0.1, 0.15) is 6.42 Å². The number of fused-ring (bicyclic) bond motifs is 4. The predicted octanol–water partition coefficient (Wildman–Crippen LogP) is 15.0. The third-order valence-electron chi connectivity index (χ3n) is 12.7. The number of hydrogen-bond donors (Lipinski definition) is 0. The van der Waals surface area contributed by atoms with E-state index in [1.54, 1.807) is 21.3 Å². The Hall–Kier alpha value is -8.16. The van der Waals surface area contributed by atoms with Crippen molar-refractivity contribution in [2.45, 2.75) is 6.42 Å². The topological polar surface area (TPSA) is 42.3 Å². The Kier molecular flexibility index (Phi) is 10.3. The second-order valence-corrected chi connectivity index (χ2v) is 16.5. The van der Waals surface area contributed by atoms with E-state index in [-0.39, 0.29) is 0 Å². The summed E-state index contributed by atoms with van der Waals surface area (Å²) in [7, 11) is 5.12. The van der Waals surface area contributed by atoms with Gasteiger partial charge in [0.15, 0.2) is 0 Å². The highest BCUT2D eigenvalue weighted by Crippen LogP contribution is 2.52. The van der Waals surface area contributed by atoms with Gasteiger partial charge in [-0.25, -0.2) is 0 Å². The van der Waals surface area contributed by atoms with Crippen molar-refractivity contribution in [1.29, 1.82) is 0 Å². The van der Waals surface area contributed by atoms with Crippen molar-refractivity contribution in [3.63, 3.8) is 0 Å². The summed E-state index contributed by atoms with van der Waals surface area (Å²) in [5, 5.41) is 2.31. The molecular weight excluding hydrogens is 801 g/mol. The molecule has 7 nitrogen and oxygen atoms in total. The minimum absolute atomic E-state index is 0.488. The van der Waals surface area contributed by atoms with Crippen molar-refractivity contribution in [3.05, 3.63) is 218 Å². The zero-order chi connectivity index (χ0) is 43.9. The average molecular weight is 849 g/mol. The molecule has 7 heteroatoms. The lowest BCUT2D eigenvalue weighted by Crippen LogP contribution is -2.19.